The van der Waals surface area contributed by atoms with Crippen LogP contribution in [0.25, 0.3) is 0 Å². The third-order valence-electron chi connectivity index (χ3n) is 4.00. The van der Waals surface area contributed by atoms with E-state index in [1.165, 1.54) is 18.6 Å². The number of alkyl halides is 1. The van der Waals surface area contributed by atoms with Crippen molar-refractivity contribution in [2.24, 2.45) is 5.41 Å². The van der Waals surface area contributed by atoms with Crippen molar-refractivity contribution < 1.29 is 9.18 Å². The zero-order valence-corrected chi connectivity index (χ0v) is 12.7. The van der Waals surface area contributed by atoms with Crippen molar-refractivity contribution in [3.63, 3.8) is 0 Å². The summed E-state index contributed by atoms with van der Waals surface area (Å²) in [6, 6.07) is 4.07. The van der Waals surface area contributed by atoms with Gasteiger partial charge in [0.1, 0.15) is 5.82 Å². The van der Waals surface area contributed by atoms with Gasteiger partial charge in [0.15, 0.2) is 0 Å². The topological polar surface area (TPSA) is 29.1 Å². The lowest BCUT2D eigenvalue weighted by Crippen LogP contribution is -2.40. The molecule has 1 aliphatic carbocycles. The van der Waals surface area contributed by atoms with Gasteiger partial charge in [-0.05, 0) is 31.0 Å². The molecule has 20 heavy (non-hydrogen) atoms. The number of hydrogen-bond acceptors (Lipinski definition) is 1. The Morgan fingerprint density at radius 1 is 1.30 bits per heavy atom. The molecular formula is C15H18Cl2FNO. The molecule has 0 aromatic heterocycles. The molecular weight excluding hydrogens is 300 g/mol. The van der Waals surface area contributed by atoms with Crippen molar-refractivity contribution in [3.8, 4) is 0 Å². The quantitative estimate of drug-likeness (QED) is 0.819. The first-order valence-corrected chi connectivity index (χ1v) is 7.77. The lowest BCUT2D eigenvalue weighted by Gasteiger charge is -2.35. The van der Waals surface area contributed by atoms with Gasteiger partial charge in [-0.15, -0.1) is 11.6 Å². The average Bonchev–Trinajstić information content (AvgIpc) is 2.48. The first kappa shape index (κ1) is 15.6. The van der Waals surface area contributed by atoms with E-state index in [1.54, 1.807) is 0 Å². The van der Waals surface area contributed by atoms with Crippen molar-refractivity contribution in [1.29, 1.82) is 0 Å². The van der Waals surface area contributed by atoms with Gasteiger partial charge in [0, 0.05) is 23.4 Å². The number of carbonyl (C=O) groups is 1. The largest absolute Gasteiger partial charge is 0.351 e. The Kier molecular flexibility index (Phi) is 5.28. The van der Waals surface area contributed by atoms with Crippen LogP contribution in [0.1, 0.15) is 42.5 Å². The molecule has 1 aromatic rings. The standard InChI is InChI=1S/C15H18Cl2FNO/c16-9-15(6-2-1-3-7-15)10-19-14(20)11-4-5-12(17)13(18)8-11/h4-5,8H,1-3,6-7,9-10H2,(H,19,20). The van der Waals surface area contributed by atoms with Gasteiger partial charge in [0.05, 0.1) is 5.02 Å². The van der Waals surface area contributed by atoms with Gasteiger partial charge < -0.3 is 5.32 Å². The number of rotatable bonds is 4. The summed E-state index contributed by atoms with van der Waals surface area (Å²) < 4.78 is 13.3. The third kappa shape index (κ3) is 3.64. The highest BCUT2D eigenvalue weighted by Gasteiger charge is 2.31. The molecule has 0 saturated heterocycles. The normalized spacial score (nSPS) is 17.8. The van der Waals surface area contributed by atoms with Gasteiger partial charge in [-0.1, -0.05) is 30.9 Å². The lowest BCUT2D eigenvalue weighted by molar-refractivity contribution is 0.0920. The summed E-state index contributed by atoms with van der Waals surface area (Å²) in [5, 5.41) is 2.89. The van der Waals surface area contributed by atoms with E-state index in [1.807, 2.05) is 0 Å². The second kappa shape index (κ2) is 6.77. The fraction of sp³-hybridized carbons (Fsp3) is 0.533. The molecule has 5 heteroatoms. The summed E-state index contributed by atoms with van der Waals surface area (Å²) >= 11 is 11.7. The van der Waals surface area contributed by atoms with Crippen LogP contribution in [0.4, 0.5) is 4.39 Å². The van der Waals surface area contributed by atoms with Crippen LogP contribution in [-0.2, 0) is 0 Å². The van der Waals surface area contributed by atoms with Gasteiger partial charge in [0.2, 0.25) is 0 Å². The Morgan fingerprint density at radius 3 is 2.60 bits per heavy atom. The molecule has 0 atom stereocenters. The summed E-state index contributed by atoms with van der Waals surface area (Å²) in [7, 11) is 0. The number of nitrogens with one attached hydrogen (secondary N) is 1. The van der Waals surface area contributed by atoms with Crippen molar-refractivity contribution >= 4 is 29.1 Å². The maximum absolute atomic E-state index is 13.3. The number of halogens is 3. The van der Waals surface area contributed by atoms with Crippen LogP contribution in [-0.4, -0.2) is 18.3 Å². The molecule has 1 saturated carbocycles. The van der Waals surface area contributed by atoms with Crippen LogP contribution in [0.5, 0.6) is 0 Å². The SMILES string of the molecule is O=C(NCC1(CCl)CCCCC1)c1ccc(Cl)c(F)c1. The summed E-state index contributed by atoms with van der Waals surface area (Å²) in [6.45, 7) is 0.541. The van der Waals surface area contributed by atoms with Crippen molar-refractivity contribution in [2.75, 3.05) is 12.4 Å². The zero-order valence-electron chi connectivity index (χ0n) is 11.2. The minimum Gasteiger partial charge on any atom is -0.351 e. The minimum absolute atomic E-state index is 0.0135. The van der Waals surface area contributed by atoms with Gasteiger partial charge in [-0.25, -0.2) is 4.39 Å². The van der Waals surface area contributed by atoms with Gasteiger partial charge in [-0.2, -0.15) is 0 Å². The van der Waals surface area contributed by atoms with Crippen LogP contribution in [0.15, 0.2) is 18.2 Å². The number of carbonyl (C=O) groups excluding carboxylic acids is 1. The van der Waals surface area contributed by atoms with E-state index >= 15 is 0 Å². The molecule has 1 amide bonds. The second-order valence-electron chi connectivity index (χ2n) is 5.51. The highest BCUT2D eigenvalue weighted by Crippen LogP contribution is 2.36. The van der Waals surface area contributed by atoms with E-state index in [9.17, 15) is 9.18 Å². The third-order valence-corrected chi connectivity index (χ3v) is 4.88. The minimum atomic E-state index is -0.580. The highest BCUT2D eigenvalue weighted by atomic mass is 35.5. The van der Waals surface area contributed by atoms with Crippen molar-refractivity contribution in [3.05, 3.63) is 34.6 Å². The van der Waals surface area contributed by atoms with Crippen LogP contribution >= 0.6 is 23.2 Å². The summed E-state index contributed by atoms with van der Waals surface area (Å²) in [5.74, 6) is -0.318. The Labute approximate surface area is 128 Å². The van der Waals surface area contributed by atoms with E-state index in [4.69, 9.17) is 23.2 Å². The second-order valence-corrected chi connectivity index (χ2v) is 6.18. The van der Waals surface area contributed by atoms with Crippen LogP contribution in [0.2, 0.25) is 5.02 Å². The number of amides is 1. The van der Waals surface area contributed by atoms with Gasteiger partial charge in [-0.3, -0.25) is 4.79 Å². The van der Waals surface area contributed by atoms with E-state index < -0.39 is 5.82 Å². The monoisotopic (exact) mass is 317 g/mol. The molecule has 2 rings (SSSR count). The molecule has 2 nitrogen and oxygen atoms in total. The predicted octanol–water partition coefficient (Wildman–Crippen LogP) is 4.40. The lowest BCUT2D eigenvalue weighted by atomic mass is 9.75. The molecule has 1 aliphatic rings. The van der Waals surface area contributed by atoms with E-state index in [0.717, 1.165) is 31.7 Å². The van der Waals surface area contributed by atoms with Gasteiger partial charge in [0.25, 0.3) is 5.91 Å². The molecule has 0 radical (unpaired) electrons. The molecule has 1 fully saturated rings. The Hall–Kier alpha value is -0.800. The van der Waals surface area contributed by atoms with Crippen LogP contribution in [0.3, 0.4) is 0 Å². The summed E-state index contributed by atoms with van der Waals surface area (Å²) in [5.41, 5.74) is 0.271. The molecule has 1 aromatic carbocycles. The van der Waals surface area contributed by atoms with E-state index in [-0.39, 0.29) is 21.9 Å². The van der Waals surface area contributed by atoms with E-state index in [0.29, 0.717) is 12.4 Å². The van der Waals surface area contributed by atoms with E-state index in [2.05, 4.69) is 5.32 Å². The molecule has 1 N–H and O–H groups in total. The predicted molar refractivity (Wildman–Crippen MR) is 80.0 cm³/mol. The Bertz CT molecular complexity index is 487. The summed E-state index contributed by atoms with van der Waals surface area (Å²) in [6.07, 6.45) is 5.60. The molecule has 0 heterocycles. The maximum Gasteiger partial charge on any atom is 0.251 e. The Balaban J connectivity index is 1.98. The molecule has 0 spiro atoms. The van der Waals surface area contributed by atoms with Gasteiger partial charge >= 0.3 is 0 Å². The van der Waals surface area contributed by atoms with Crippen LogP contribution < -0.4 is 5.32 Å². The summed E-state index contributed by atoms with van der Waals surface area (Å²) in [4.78, 5) is 12.0. The highest BCUT2D eigenvalue weighted by molar-refractivity contribution is 6.30. The average molecular weight is 318 g/mol. The van der Waals surface area contributed by atoms with Crippen molar-refractivity contribution in [2.45, 2.75) is 32.1 Å². The Morgan fingerprint density at radius 2 is 2.00 bits per heavy atom. The maximum atomic E-state index is 13.3. The number of benzene rings is 1. The molecule has 110 valence electrons. The molecule has 0 bridgehead atoms. The smallest absolute Gasteiger partial charge is 0.251 e. The first-order chi connectivity index (χ1) is 9.56. The fourth-order valence-corrected chi connectivity index (χ4v) is 3.15. The molecule has 0 aliphatic heterocycles. The first-order valence-electron chi connectivity index (χ1n) is 6.86. The zero-order chi connectivity index (χ0) is 14.6. The van der Waals surface area contributed by atoms with Crippen molar-refractivity contribution in [1.82, 2.24) is 5.32 Å². The molecule has 0 unspecified atom stereocenters. The fourth-order valence-electron chi connectivity index (χ4n) is 2.67. The van der Waals surface area contributed by atoms with Crippen LogP contribution in [0, 0.1) is 11.2 Å². The number of hydrogen-bond donors (Lipinski definition) is 1.